The molecule has 1 heterocycles. The number of nitrogens with two attached hydrogens (primary N) is 1. The van der Waals surface area contributed by atoms with Gasteiger partial charge in [0.25, 0.3) is 0 Å². The van der Waals surface area contributed by atoms with Gasteiger partial charge in [-0.1, -0.05) is 31.0 Å². The zero-order valence-electron chi connectivity index (χ0n) is 9.32. The maximum atomic E-state index is 6.53. The van der Waals surface area contributed by atoms with Crippen LogP contribution in [-0.4, -0.2) is 4.98 Å². The number of hydrogen-bond acceptors (Lipinski definition) is 2. The molecule has 1 aliphatic rings. The van der Waals surface area contributed by atoms with Crippen molar-refractivity contribution in [1.82, 2.24) is 4.98 Å². The second kappa shape index (κ2) is 3.56. The summed E-state index contributed by atoms with van der Waals surface area (Å²) in [6, 6.07) is 8.45. The molecule has 2 heteroatoms. The molecule has 0 unspecified atom stereocenters. The van der Waals surface area contributed by atoms with E-state index < -0.39 is 0 Å². The SMILES string of the molecule is NC1(c2cccc3cnccc23)CCCC1. The first-order valence-corrected chi connectivity index (χ1v) is 5.92. The Hall–Kier alpha value is -1.41. The lowest BCUT2D eigenvalue weighted by molar-refractivity contribution is 0.466. The first-order valence-electron chi connectivity index (χ1n) is 5.92. The molecule has 2 N–H and O–H groups in total. The molecule has 1 aromatic carbocycles. The summed E-state index contributed by atoms with van der Waals surface area (Å²) >= 11 is 0. The van der Waals surface area contributed by atoms with Crippen molar-refractivity contribution in [3.05, 3.63) is 42.2 Å². The molecule has 16 heavy (non-hydrogen) atoms. The van der Waals surface area contributed by atoms with Gasteiger partial charge in [-0.05, 0) is 29.9 Å². The molecule has 1 saturated carbocycles. The number of benzene rings is 1. The zero-order chi connectivity index (χ0) is 11.0. The minimum Gasteiger partial charge on any atom is -0.321 e. The molecule has 0 amide bonds. The fourth-order valence-electron chi connectivity index (χ4n) is 2.83. The third-order valence-corrected chi connectivity index (χ3v) is 3.71. The minimum atomic E-state index is -0.110. The lowest BCUT2D eigenvalue weighted by Gasteiger charge is -2.25. The number of aromatic nitrogens is 1. The summed E-state index contributed by atoms with van der Waals surface area (Å²) in [5.74, 6) is 0. The van der Waals surface area contributed by atoms with Crippen molar-refractivity contribution in [2.75, 3.05) is 0 Å². The second-order valence-electron chi connectivity index (χ2n) is 4.77. The summed E-state index contributed by atoms with van der Waals surface area (Å²) < 4.78 is 0. The van der Waals surface area contributed by atoms with Gasteiger partial charge in [-0.2, -0.15) is 0 Å². The van der Waals surface area contributed by atoms with Gasteiger partial charge in [0, 0.05) is 23.3 Å². The molecular formula is C14H16N2. The molecule has 0 aliphatic heterocycles. The summed E-state index contributed by atoms with van der Waals surface area (Å²) in [6.45, 7) is 0. The molecule has 0 spiro atoms. The predicted molar refractivity (Wildman–Crippen MR) is 66.1 cm³/mol. The Morgan fingerprint density at radius 3 is 2.75 bits per heavy atom. The molecule has 1 aromatic heterocycles. The largest absolute Gasteiger partial charge is 0.321 e. The monoisotopic (exact) mass is 212 g/mol. The van der Waals surface area contributed by atoms with Crippen molar-refractivity contribution >= 4 is 10.8 Å². The topological polar surface area (TPSA) is 38.9 Å². The van der Waals surface area contributed by atoms with Gasteiger partial charge in [0.15, 0.2) is 0 Å². The van der Waals surface area contributed by atoms with E-state index in [2.05, 4.69) is 29.2 Å². The van der Waals surface area contributed by atoms with Crippen molar-refractivity contribution in [1.29, 1.82) is 0 Å². The van der Waals surface area contributed by atoms with Gasteiger partial charge in [0.1, 0.15) is 0 Å². The number of rotatable bonds is 1. The average Bonchev–Trinajstić information content (AvgIpc) is 2.77. The number of pyridine rings is 1. The lowest BCUT2D eigenvalue weighted by atomic mass is 9.86. The van der Waals surface area contributed by atoms with Crippen LogP contribution in [0.15, 0.2) is 36.7 Å². The van der Waals surface area contributed by atoms with E-state index in [-0.39, 0.29) is 5.54 Å². The highest BCUT2D eigenvalue weighted by molar-refractivity contribution is 5.85. The van der Waals surface area contributed by atoms with Crippen LogP contribution in [0.5, 0.6) is 0 Å². The van der Waals surface area contributed by atoms with Crippen molar-refractivity contribution < 1.29 is 0 Å². The molecule has 0 radical (unpaired) electrons. The summed E-state index contributed by atoms with van der Waals surface area (Å²) in [4.78, 5) is 4.16. The van der Waals surface area contributed by atoms with Gasteiger partial charge in [0.05, 0.1) is 0 Å². The number of hydrogen-bond donors (Lipinski definition) is 1. The third kappa shape index (κ3) is 1.41. The van der Waals surface area contributed by atoms with E-state index in [0.717, 1.165) is 12.8 Å². The highest BCUT2D eigenvalue weighted by atomic mass is 14.8. The van der Waals surface area contributed by atoms with Crippen LogP contribution < -0.4 is 5.73 Å². The fraction of sp³-hybridized carbons (Fsp3) is 0.357. The van der Waals surface area contributed by atoms with Crippen LogP contribution in [0.2, 0.25) is 0 Å². The van der Waals surface area contributed by atoms with E-state index in [0.29, 0.717) is 0 Å². The molecule has 82 valence electrons. The Bertz CT molecular complexity index is 508. The van der Waals surface area contributed by atoms with Crippen LogP contribution in [0, 0.1) is 0 Å². The van der Waals surface area contributed by atoms with Crippen LogP contribution in [0.3, 0.4) is 0 Å². The minimum absolute atomic E-state index is 0.110. The van der Waals surface area contributed by atoms with Crippen LogP contribution in [0.25, 0.3) is 10.8 Å². The highest BCUT2D eigenvalue weighted by Crippen LogP contribution is 2.39. The van der Waals surface area contributed by atoms with Gasteiger partial charge in [-0.25, -0.2) is 0 Å². The first-order chi connectivity index (χ1) is 7.80. The van der Waals surface area contributed by atoms with Crippen molar-refractivity contribution in [2.45, 2.75) is 31.2 Å². The summed E-state index contributed by atoms with van der Waals surface area (Å²) in [5, 5.41) is 2.46. The Kier molecular flexibility index (Phi) is 2.18. The maximum Gasteiger partial charge on any atom is 0.0415 e. The molecule has 1 fully saturated rings. The summed E-state index contributed by atoms with van der Waals surface area (Å²) in [5.41, 5.74) is 7.71. The number of nitrogens with zero attached hydrogens (tertiary/aromatic N) is 1. The highest BCUT2D eigenvalue weighted by Gasteiger charge is 2.32. The summed E-state index contributed by atoms with van der Waals surface area (Å²) in [7, 11) is 0. The van der Waals surface area contributed by atoms with E-state index in [4.69, 9.17) is 5.73 Å². The van der Waals surface area contributed by atoms with Crippen LogP contribution in [0.1, 0.15) is 31.2 Å². The van der Waals surface area contributed by atoms with Crippen molar-refractivity contribution in [2.24, 2.45) is 5.73 Å². The molecule has 3 rings (SSSR count). The molecule has 1 aliphatic carbocycles. The molecule has 0 saturated heterocycles. The van der Waals surface area contributed by atoms with E-state index in [9.17, 15) is 0 Å². The lowest BCUT2D eigenvalue weighted by Crippen LogP contribution is -2.33. The third-order valence-electron chi connectivity index (χ3n) is 3.71. The van der Waals surface area contributed by atoms with Crippen molar-refractivity contribution in [3.8, 4) is 0 Å². The van der Waals surface area contributed by atoms with Crippen LogP contribution in [-0.2, 0) is 5.54 Å². The maximum absolute atomic E-state index is 6.53. The zero-order valence-corrected chi connectivity index (χ0v) is 9.32. The fourth-order valence-corrected chi connectivity index (χ4v) is 2.83. The molecular weight excluding hydrogens is 196 g/mol. The predicted octanol–water partition coefficient (Wildman–Crippen LogP) is 2.96. The van der Waals surface area contributed by atoms with Gasteiger partial charge in [0.2, 0.25) is 0 Å². The van der Waals surface area contributed by atoms with E-state index >= 15 is 0 Å². The summed E-state index contributed by atoms with van der Waals surface area (Å²) in [6.07, 6.45) is 8.47. The van der Waals surface area contributed by atoms with Crippen LogP contribution in [0.4, 0.5) is 0 Å². The normalized spacial score (nSPS) is 19.1. The molecule has 2 nitrogen and oxygen atoms in total. The Morgan fingerprint density at radius 1 is 1.12 bits per heavy atom. The van der Waals surface area contributed by atoms with Crippen molar-refractivity contribution in [3.63, 3.8) is 0 Å². The van der Waals surface area contributed by atoms with Gasteiger partial charge < -0.3 is 5.73 Å². The van der Waals surface area contributed by atoms with Gasteiger partial charge >= 0.3 is 0 Å². The quantitative estimate of drug-likeness (QED) is 0.789. The molecule has 2 aromatic rings. The Labute approximate surface area is 95.5 Å². The standard InChI is InChI=1S/C14H16N2/c15-14(7-1-2-8-14)13-5-3-4-11-10-16-9-6-12(11)13/h3-6,9-10H,1-2,7-8,15H2. The van der Waals surface area contributed by atoms with Gasteiger partial charge in [-0.15, -0.1) is 0 Å². The van der Waals surface area contributed by atoms with Gasteiger partial charge in [-0.3, -0.25) is 4.98 Å². The molecule has 0 atom stereocenters. The number of fused-ring (bicyclic) bond motifs is 1. The average molecular weight is 212 g/mol. The first kappa shape index (κ1) is 9.79. The van der Waals surface area contributed by atoms with Crippen LogP contribution >= 0.6 is 0 Å². The van der Waals surface area contributed by atoms with E-state index in [1.165, 1.54) is 29.2 Å². The Morgan fingerprint density at radius 2 is 1.94 bits per heavy atom. The Balaban J connectivity index is 2.23. The van der Waals surface area contributed by atoms with E-state index in [1.54, 1.807) is 0 Å². The second-order valence-corrected chi connectivity index (χ2v) is 4.77. The smallest absolute Gasteiger partial charge is 0.0415 e. The van der Waals surface area contributed by atoms with E-state index in [1.807, 2.05) is 12.4 Å². The molecule has 0 bridgehead atoms.